The summed E-state index contributed by atoms with van der Waals surface area (Å²) in [7, 11) is 0. The van der Waals surface area contributed by atoms with E-state index < -0.39 is 0 Å². The summed E-state index contributed by atoms with van der Waals surface area (Å²) in [6, 6.07) is 55.1. The number of hydrogen-bond acceptors (Lipinski definition) is 3. The predicted octanol–water partition coefficient (Wildman–Crippen LogP) is 13.8. The van der Waals surface area contributed by atoms with Crippen molar-refractivity contribution in [2.45, 2.75) is 32.1 Å². The minimum absolute atomic E-state index is 0.0118. The lowest BCUT2D eigenvalue weighted by Gasteiger charge is -2.23. The highest BCUT2D eigenvalue weighted by atomic mass is 16.3. The van der Waals surface area contributed by atoms with Crippen molar-refractivity contribution in [1.82, 2.24) is 14.4 Å². The molecule has 12 rings (SSSR count). The highest BCUT2D eigenvalue weighted by Gasteiger charge is 2.32. The molecule has 57 heavy (non-hydrogen) atoms. The van der Waals surface area contributed by atoms with Crippen molar-refractivity contribution in [3.63, 3.8) is 0 Å². The highest BCUT2D eigenvalue weighted by molar-refractivity contribution is 6.30. The summed E-state index contributed by atoms with van der Waals surface area (Å²) in [6.45, 7) is 6.85. The Labute approximate surface area is 330 Å². The predicted molar refractivity (Wildman–Crippen MR) is 234 cm³/mol. The van der Waals surface area contributed by atoms with Crippen molar-refractivity contribution in [3.8, 4) is 44.6 Å². The van der Waals surface area contributed by atoms with Gasteiger partial charge in [0.15, 0.2) is 0 Å². The standard InChI is InChI=1S/C53H37N3O/c1-53(2,3)43-18-7-6-13-34(43)31-22-24-47-42(28-31)50-39-17-12-16-38-49-40(29-33(44-19-8-10-25-54-44)30-46(49)56(51(38)39)52(50)57-47)32-21-23-36-35-14-4-5-15-37(35)48(41(36)27-32)45-20-9-11-26-55-45/h4-30,48H,1-3H3. The van der Waals surface area contributed by atoms with E-state index in [4.69, 9.17) is 14.4 Å². The molecule has 0 bridgehead atoms. The minimum Gasteiger partial charge on any atom is -0.439 e. The molecule has 1 atom stereocenters. The molecular formula is C53H37N3O. The second-order valence-electron chi connectivity index (χ2n) is 16.5. The molecule has 0 fully saturated rings. The van der Waals surface area contributed by atoms with Gasteiger partial charge >= 0.3 is 0 Å². The van der Waals surface area contributed by atoms with Gasteiger partial charge in [-0.25, -0.2) is 0 Å². The lowest BCUT2D eigenvalue weighted by molar-refractivity contribution is 0.592. The number of pyridine rings is 2. The first kappa shape index (κ1) is 32.2. The van der Waals surface area contributed by atoms with Gasteiger partial charge in [-0.3, -0.25) is 14.4 Å². The maximum absolute atomic E-state index is 6.93. The van der Waals surface area contributed by atoms with Gasteiger partial charge in [-0.15, -0.1) is 0 Å². The first-order valence-corrected chi connectivity index (χ1v) is 19.8. The Morgan fingerprint density at radius 1 is 0.526 bits per heavy atom. The summed E-state index contributed by atoms with van der Waals surface area (Å²) < 4.78 is 9.30. The van der Waals surface area contributed by atoms with Crippen molar-refractivity contribution in [2.75, 3.05) is 0 Å². The van der Waals surface area contributed by atoms with Crippen molar-refractivity contribution in [3.05, 3.63) is 186 Å². The number of nitrogens with zero attached hydrogens (tertiary/aromatic N) is 3. The highest BCUT2D eigenvalue weighted by Crippen LogP contribution is 2.51. The van der Waals surface area contributed by atoms with E-state index in [1.165, 1.54) is 71.7 Å². The average Bonchev–Trinajstić information content (AvgIpc) is 3.98. The van der Waals surface area contributed by atoms with Gasteiger partial charge in [-0.2, -0.15) is 0 Å². The molecule has 0 radical (unpaired) electrons. The average molecular weight is 732 g/mol. The van der Waals surface area contributed by atoms with Gasteiger partial charge in [0.2, 0.25) is 5.71 Å². The Morgan fingerprint density at radius 2 is 1.25 bits per heavy atom. The number of aromatic nitrogens is 3. The molecule has 11 aromatic rings. The Morgan fingerprint density at radius 3 is 2.05 bits per heavy atom. The fourth-order valence-corrected chi connectivity index (χ4v) is 9.81. The van der Waals surface area contributed by atoms with Crippen LogP contribution in [-0.4, -0.2) is 14.4 Å². The molecule has 0 aliphatic heterocycles. The van der Waals surface area contributed by atoms with E-state index in [0.717, 1.165) is 44.5 Å². The molecule has 270 valence electrons. The zero-order chi connectivity index (χ0) is 38.0. The van der Waals surface area contributed by atoms with Gasteiger partial charge in [0.25, 0.3) is 0 Å². The maximum Gasteiger partial charge on any atom is 0.213 e. The van der Waals surface area contributed by atoms with Crippen LogP contribution in [0.15, 0.2) is 168 Å². The van der Waals surface area contributed by atoms with E-state index >= 15 is 0 Å². The molecule has 0 N–H and O–H groups in total. The van der Waals surface area contributed by atoms with Crippen molar-refractivity contribution < 1.29 is 4.42 Å². The van der Waals surface area contributed by atoms with E-state index in [-0.39, 0.29) is 11.3 Å². The summed E-state index contributed by atoms with van der Waals surface area (Å²) >= 11 is 0. The summed E-state index contributed by atoms with van der Waals surface area (Å²) in [6.07, 6.45) is 3.78. The smallest absolute Gasteiger partial charge is 0.213 e. The van der Waals surface area contributed by atoms with Crippen LogP contribution in [0.4, 0.5) is 0 Å². The Bertz CT molecular complexity index is 3380. The largest absolute Gasteiger partial charge is 0.439 e. The quantitative estimate of drug-likeness (QED) is 0.181. The summed E-state index contributed by atoms with van der Waals surface area (Å²) in [5.41, 5.74) is 18.4. The van der Waals surface area contributed by atoms with Gasteiger partial charge in [0.1, 0.15) is 5.58 Å². The number of fused-ring (bicyclic) bond motifs is 11. The van der Waals surface area contributed by atoms with Crippen molar-refractivity contribution >= 4 is 49.3 Å². The van der Waals surface area contributed by atoms with Crippen LogP contribution in [0.2, 0.25) is 0 Å². The van der Waals surface area contributed by atoms with Gasteiger partial charge in [-0.1, -0.05) is 118 Å². The van der Waals surface area contributed by atoms with Crippen LogP contribution in [0.5, 0.6) is 0 Å². The molecule has 5 heterocycles. The monoisotopic (exact) mass is 731 g/mol. The summed E-state index contributed by atoms with van der Waals surface area (Å²) in [5.74, 6) is 0.0528. The van der Waals surface area contributed by atoms with Gasteiger partial charge < -0.3 is 4.42 Å². The lowest BCUT2D eigenvalue weighted by atomic mass is 9.82. The molecule has 1 unspecified atom stereocenters. The van der Waals surface area contributed by atoms with Crippen LogP contribution in [-0.2, 0) is 5.41 Å². The molecule has 1 aliphatic rings. The molecule has 0 spiro atoms. The number of rotatable bonds is 4. The molecule has 4 heteroatoms. The Kier molecular flexibility index (Phi) is 6.64. The maximum atomic E-state index is 6.93. The van der Waals surface area contributed by atoms with Crippen LogP contribution < -0.4 is 0 Å². The lowest BCUT2D eigenvalue weighted by Crippen LogP contribution is -2.12. The normalized spacial score (nSPS) is 14.1. The number of para-hydroxylation sites is 1. The van der Waals surface area contributed by atoms with E-state index in [1.807, 2.05) is 24.5 Å². The number of benzene rings is 6. The van der Waals surface area contributed by atoms with E-state index in [2.05, 4.69) is 165 Å². The topological polar surface area (TPSA) is 43.3 Å². The second-order valence-corrected chi connectivity index (χ2v) is 16.5. The van der Waals surface area contributed by atoms with Gasteiger partial charge in [0.05, 0.1) is 33.7 Å². The zero-order valence-electron chi connectivity index (χ0n) is 31.9. The van der Waals surface area contributed by atoms with E-state index in [9.17, 15) is 0 Å². The van der Waals surface area contributed by atoms with Crippen LogP contribution in [0.3, 0.4) is 0 Å². The zero-order valence-corrected chi connectivity index (χ0v) is 31.9. The summed E-state index contributed by atoms with van der Waals surface area (Å²) in [4.78, 5) is 9.73. The van der Waals surface area contributed by atoms with Gasteiger partial charge in [0, 0.05) is 39.5 Å². The molecule has 6 aromatic carbocycles. The second kappa shape index (κ2) is 11.7. The molecular weight excluding hydrogens is 695 g/mol. The molecule has 1 aliphatic carbocycles. The minimum atomic E-state index is 0.0118. The third-order valence-corrected chi connectivity index (χ3v) is 12.3. The fraction of sp³-hybridized carbons (Fsp3) is 0.0943. The third kappa shape index (κ3) is 4.61. The first-order chi connectivity index (χ1) is 27.9. The number of furan rings is 1. The SMILES string of the molecule is CC(C)(C)c1ccccc1-c1ccc2oc3c(c2c1)c1cccc2c4c(-c5ccc6c(c5)C(c5ccccn5)c5ccccc5-6)cc(-c5ccccn5)cc4n3c21. The number of hydrogen-bond donors (Lipinski definition) is 0. The van der Waals surface area contributed by atoms with Crippen LogP contribution in [0.1, 0.15) is 49.1 Å². The van der Waals surface area contributed by atoms with Gasteiger partial charge in [-0.05, 0) is 110 Å². The van der Waals surface area contributed by atoms with Crippen LogP contribution in [0.25, 0.3) is 93.9 Å². The van der Waals surface area contributed by atoms with Crippen molar-refractivity contribution in [2.24, 2.45) is 0 Å². The first-order valence-electron chi connectivity index (χ1n) is 19.8. The molecule has 4 nitrogen and oxygen atoms in total. The van der Waals surface area contributed by atoms with Crippen LogP contribution in [0, 0.1) is 0 Å². The fourth-order valence-electron chi connectivity index (χ4n) is 9.81. The van der Waals surface area contributed by atoms with Crippen LogP contribution >= 0.6 is 0 Å². The summed E-state index contributed by atoms with van der Waals surface area (Å²) in [5, 5.41) is 5.91. The Balaban J connectivity index is 1.14. The van der Waals surface area contributed by atoms with E-state index in [0.29, 0.717) is 0 Å². The molecule has 0 amide bonds. The Hall–Kier alpha value is -7.04. The van der Waals surface area contributed by atoms with E-state index in [1.54, 1.807) is 0 Å². The third-order valence-electron chi connectivity index (χ3n) is 12.3. The molecule has 0 saturated carbocycles. The molecule has 0 saturated heterocycles. The molecule has 5 aromatic heterocycles. The van der Waals surface area contributed by atoms with Crippen molar-refractivity contribution in [1.29, 1.82) is 0 Å².